The summed E-state index contributed by atoms with van der Waals surface area (Å²) in [4.78, 5) is 63.2. The Morgan fingerprint density at radius 1 is 0.846 bits per heavy atom. The second-order valence-electron chi connectivity index (χ2n) is 17.9. The van der Waals surface area contributed by atoms with E-state index < -0.39 is 35.0 Å². The molecule has 0 spiro atoms. The molecule has 4 amide bonds. The molecule has 65 heavy (non-hydrogen) atoms. The van der Waals surface area contributed by atoms with Crippen molar-refractivity contribution in [2.75, 3.05) is 24.0 Å². The van der Waals surface area contributed by atoms with E-state index in [0.717, 1.165) is 42.8 Å². The highest BCUT2D eigenvalue weighted by atomic mass is 35.5. The van der Waals surface area contributed by atoms with Crippen LogP contribution < -0.4 is 19.3 Å². The second-order valence-corrected chi connectivity index (χ2v) is 19.4. The van der Waals surface area contributed by atoms with Gasteiger partial charge in [0.2, 0.25) is 23.6 Å². The average molecular weight is 907 g/mol. The number of aromatic nitrogens is 2. The number of fused-ring (bicyclic) bond motifs is 5. The van der Waals surface area contributed by atoms with Gasteiger partial charge in [-0.1, -0.05) is 59.7 Å². The van der Waals surface area contributed by atoms with E-state index >= 15 is 9.59 Å². The van der Waals surface area contributed by atoms with E-state index in [0.29, 0.717) is 51.3 Å². The molecule has 2 saturated heterocycles. The largest absolute Gasteiger partial charge is 0.507 e. The fourth-order valence-corrected chi connectivity index (χ4v) is 12.4. The molecule has 11 nitrogen and oxygen atoms in total. The molecular formula is C52H47ClN4O7S. The lowest BCUT2D eigenvalue weighted by atomic mass is 9.51. The van der Waals surface area contributed by atoms with Gasteiger partial charge in [0.05, 0.1) is 48.0 Å². The maximum atomic E-state index is 15.3. The molecule has 2 aliphatic heterocycles. The lowest BCUT2D eigenvalue weighted by molar-refractivity contribution is -0.131. The number of phenols is 1. The summed E-state index contributed by atoms with van der Waals surface area (Å²) in [5.74, 6) is -2.74. The number of methoxy groups -OCH3 is 2. The predicted octanol–water partition coefficient (Wildman–Crippen LogP) is 10.2. The molecule has 6 atom stereocenters. The van der Waals surface area contributed by atoms with E-state index in [1.807, 2.05) is 107 Å². The first-order chi connectivity index (χ1) is 31.1. The minimum absolute atomic E-state index is 0.158. The Labute approximate surface area is 385 Å². The standard InChI is InChI=1S/C52H47ClN4O7S/c1-26-20-31(21-27(2)46(26)58)45-35-16-17-36-44(50(61)56(48(36)59)33-13-9-29(10-14-33)8-11-30-22-34(63-6)15-18-41(30)64-7)38(35)24-39-49(60)57(51(62)52(39,45)4)43-25-40(54-55(43)5)47-28(3)37-23-32(53)12-19-42(37)65-47/h8-16,18-23,25,36,38-39,44-45,58H,17,24H2,1-7H3/t36-,38+,39-,44-,45-,52+/m0/s1. The van der Waals surface area contributed by atoms with Crippen LogP contribution in [0.1, 0.15) is 59.1 Å². The molecule has 1 saturated carbocycles. The summed E-state index contributed by atoms with van der Waals surface area (Å²) in [5, 5.41) is 17.4. The number of phenolic OH excluding ortho intramolecular Hbond substituents is 1. The molecule has 10 rings (SSSR count). The average Bonchev–Trinajstić information content (AvgIpc) is 3.97. The smallest absolute Gasteiger partial charge is 0.242 e. The van der Waals surface area contributed by atoms with Gasteiger partial charge in [-0.3, -0.25) is 28.8 Å². The van der Waals surface area contributed by atoms with Crippen LogP contribution in [0.25, 0.3) is 32.8 Å². The van der Waals surface area contributed by atoms with Gasteiger partial charge in [-0.05, 0) is 128 Å². The van der Waals surface area contributed by atoms with Crippen molar-refractivity contribution in [3.05, 3.63) is 129 Å². The van der Waals surface area contributed by atoms with Crippen LogP contribution in [0.2, 0.25) is 5.02 Å². The number of carbonyl (C=O) groups excluding carboxylic acids is 4. The molecule has 1 N–H and O–H groups in total. The molecule has 4 aliphatic rings. The third-order valence-electron chi connectivity index (χ3n) is 14.4. The number of rotatable bonds is 8. The zero-order valence-electron chi connectivity index (χ0n) is 37.0. The molecule has 13 heteroatoms. The van der Waals surface area contributed by atoms with Crippen molar-refractivity contribution in [2.45, 2.75) is 46.5 Å². The topological polar surface area (TPSA) is 131 Å². The Bertz CT molecular complexity index is 3070. The number of halogens is 1. The maximum absolute atomic E-state index is 15.3. The molecule has 0 radical (unpaired) electrons. The first-order valence-electron chi connectivity index (χ1n) is 21.6. The van der Waals surface area contributed by atoms with Crippen molar-refractivity contribution in [3.8, 4) is 27.8 Å². The Hall–Kier alpha value is -6.50. The van der Waals surface area contributed by atoms with Gasteiger partial charge in [0, 0.05) is 34.3 Å². The van der Waals surface area contributed by atoms with Crippen molar-refractivity contribution in [2.24, 2.45) is 36.1 Å². The van der Waals surface area contributed by atoms with Crippen LogP contribution in [-0.4, -0.2) is 52.7 Å². The highest BCUT2D eigenvalue weighted by Crippen LogP contribution is 2.64. The van der Waals surface area contributed by atoms with Gasteiger partial charge in [-0.15, -0.1) is 11.3 Å². The number of ether oxygens (including phenoxy) is 2. The first kappa shape index (κ1) is 42.5. The Kier molecular flexibility index (Phi) is 10.2. The van der Waals surface area contributed by atoms with Crippen molar-refractivity contribution in [1.82, 2.24) is 9.78 Å². The van der Waals surface area contributed by atoms with Gasteiger partial charge in [0.1, 0.15) is 28.8 Å². The van der Waals surface area contributed by atoms with Crippen LogP contribution in [0.5, 0.6) is 17.2 Å². The number of carbonyl (C=O) groups is 4. The minimum Gasteiger partial charge on any atom is -0.507 e. The van der Waals surface area contributed by atoms with Crippen molar-refractivity contribution < 1.29 is 33.8 Å². The van der Waals surface area contributed by atoms with Gasteiger partial charge in [0.25, 0.3) is 0 Å². The zero-order chi connectivity index (χ0) is 45.8. The van der Waals surface area contributed by atoms with E-state index in [-0.39, 0.29) is 35.8 Å². The number of benzene rings is 4. The summed E-state index contributed by atoms with van der Waals surface area (Å²) in [6.45, 7) is 7.52. The van der Waals surface area contributed by atoms with E-state index in [2.05, 4.69) is 0 Å². The normalized spacial score (nSPS) is 23.9. The monoisotopic (exact) mass is 906 g/mol. The predicted molar refractivity (Wildman–Crippen MR) is 253 cm³/mol. The molecular weight excluding hydrogens is 860 g/mol. The third kappa shape index (κ3) is 6.47. The van der Waals surface area contributed by atoms with Gasteiger partial charge < -0.3 is 14.6 Å². The van der Waals surface area contributed by atoms with E-state index in [4.69, 9.17) is 26.2 Å². The summed E-state index contributed by atoms with van der Waals surface area (Å²) >= 11 is 7.93. The molecule has 2 aromatic heterocycles. The SMILES string of the molecule is COc1ccc(OC)c(C=Cc2ccc(N3C(=O)[C@H]4[C@H](CC=C5[C@H]4C[C@H]4C(=O)N(c6cc(-c7sc8ccc(Cl)cc8c7C)nn6C)C(=O)[C@@]4(C)[C@H]5c4cc(C)c(O)c(C)c4)C3=O)cc2)c1. The van der Waals surface area contributed by atoms with Crippen molar-refractivity contribution in [3.63, 3.8) is 0 Å². The number of hydrogen-bond acceptors (Lipinski definition) is 9. The minimum atomic E-state index is -1.26. The number of anilines is 2. The number of thiophene rings is 1. The van der Waals surface area contributed by atoms with E-state index in [1.165, 1.54) is 9.80 Å². The van der Waals surface area contributed by atoms with Gasteiger partial charge >= 0.3 is 0 Å². The van der Waals surface area contributed by atoms with Crippen LogP contribution in [0.15, 0.2) is 90.5 Å². The quantitative estimate of drug-likeness (QED) is 0.0908. The zero-order valence-corrected chi connectivity index (χ0v) is 38.6. The molecule has 0 bridgehead atoms. The molecule has 4 heterocycles. The molecule has 330 valence electrons. The van der Waals surface area contributed by atoms with E-state index in [1.54, 1.807) is 55.5 Å². The fourth-order valence-electron chi connectivity index (χ4n) is 11.1. The number of allylic oxidation sites excluding steroid dienone is 2. The summed E-state index contributed by atoms with van der Waals surface area (Å²) in [7, 11) is 4.95. The van der Waals surface area contributed by atoms with Crippen LogP contribution in [0.3, 0.4) is 0 Å². The van der Waals surface area contributed by atoms with Gasteiger partial charge in [-0.2, -0.15) is 5.10 Å². The van der Waals surface area contributed by atoms with Crippen LogP contribution in [-0.2, 0) is 26.2 Å². The number of aromatic hydroxyl groups is 1. The van der Waals surface area contributed by atoms with Crippen molar-refractivity contribution in [1.29, 1.82) is 0 Å². The highest BCUT2D eigenvalue weighted by Gasteiger charge is 2.68. The Morgan fingerprint density at radius 2 is 1.58 bits per heavy atom. The van der Waals surface area contributed by atoms with Gasteiger partial charge in [0.15, 0.2) is 0 Å². The lowest BCUT2D eigenvalue weighted by Crippen LogP contribution is -2.49. The van der Waals surface area contributed by atoms with Crippen LogP contribution in [0, 0.1) is 49.9 Å². The third-order valence-corrected chi connectivity index (χ3v) is 15.9. The molecule has 2 aliphatic carbocycles. The number of amides is 4. The summed E-state index contributed by atoms with van der Waals surface area (Å²) in [6.07, 6.45) is 6.41. The maximum Gasteiger partial charge on any atom is 0.242 e. The highest BCUT2D eigenvalue weighted by molar-refractivity contribution is 7.22. The number of imide groups is 2. The molecule has 6 aromatic rings. The Morgan fingerprint density at radius 3 is 2.29 bits per heavy atom. The second kappa shape index (κ2) is 15.6. The summed E-state index contributed by atoms with van der Waals surface area (Å²) in [5.41, 5.74) is 5.45. The summed E-state index contributed by atoms with van der Waals surface area (Å²) < 4.78 is 13.6. The van der Waals surface area contributed by atoms with E-state index in [9.17, 15) is 14.7 Å². The van der Waals surface area contributed by atoms with Crippen molar-refractivity contribution >= 4 is 80.3 Å². The molecule has 3 fully saturated rings. The van der Waals surface area contributed by atoms with Crippen LogP contribution >= 0.6 is 22.9 Å². The fraction of sp³-hybridized carbons (Fsp3) is 0.288. The molecule has 0 unspecified atom stereocenters. The van der Waals surface area contributed by atoms with Crippen LogP contribution in [0.4, 0.5) is 11.5 Å². The summed E-state index contributed by atoms with van der Waals surface area (Å²) in [6, 6.07) is 24.2. The lowest BCUT2D eigenvalue weighted by Gasteiger charge is -2.49. The number of aryl methyl sites for hydroxylation is 4. The Balaban J connectivity index is 1.00. The van der Waals surface area contributed by atoms with Gasteiger partial charge in [-0.25, -0.2) is 4.90 Å². The number of hydrogen-bond donors (Lipinski definition) is 1. The number of nitrogens with zero attached hydrogens (tertiary/aromatic N) is 4. The first-order valence-corrected chi connectivity index (χ1v) is 22.8. The molecule has 4 aromatic carbocycles.